The Morgan fingerprint density at radius 1 is 1.00 bits per heavy atom. The molecule has 6 rings (SSSR count). The Morgan fingerprint density at radius 3 is 2.51 bits per heavy atom. The van der Waals surface area contributed by atoms with E-state index in [1.165, 1.54) is 5.57 Å². The van der Waals surface area contributed by atoms with Gasteiger partial charge in [-0.1, -0.05) is 19.4 Å². The number of aliphatic hydroxyl groups is 5. The zero-order valence-corrected chi connectivity index (χ0v) is 25.5. The van der Waals surface area contributed by atoms with E-state index in [4.69, 9.17) is 14.2 Å². The van der Waals surface area contributed by atoms with Crippen LogP contribution in [0.4, 0.5) is 0 Å². The van der Waals surface area contributed by atoms with Crippen molar-refractivity contribution < 1.29 is 49.3 Å². The van der Waals surface area contributed by atoms with Crippen LogP contribution in [-0.2, 0) is 23.8 Å². The maximum Gasteiger partial charge on any atom is 0.334 e. The summed E-state index contributed by atoms with van der Waals surface area (Å²) in [7, 11) is 0. The molecule has 0 aromatic carbocycles. The van der Waals surface area contributed by atoms with Crippen LogP contribution < -0.4 is 0 Å². The molecule has 0 spiro atoms. The molecular formula is C33H48O10. The van der Waals surface area contributed by atoms with Crippen molar-refractivity contribution in [3.63, 3.8) is 0 Å². The number of esters is 1. The maximum atomic E-state index is 13.2. The number of allylic oxidation sites excluding steroid dienone is 1. The summed E-state index contributed by atoms with van der Waals surface area (Å²) in [5.74, 6) is 1.49. The molecule has 240 valence electrons. The minimum atomic E-state index is -1.53. The van der Waals surface area contributed by atoms with Gasteiger partial charge < -0.3 is 39.7 Å². The van der Waals surface area contributed by atoms with E-state index in [0.717, 1.165) is 49.7 Å². The Bertz CT molecular complexity index is 1180. The highest BCUT2D eigenvalue weighted by molar-refractivity contribution is 5.97. The van der Waals surface area contributed by atoms with Gasteiger partial charge in [-0.05, 0) is 91.6 Å². The number of Topliss-reactive ketones (excluding diaryl/α,β-unsaturated/α-hetero) is 1. The first-order valence-corrected chi connectivity index (χ1v) is 16.2. The average Bonchev–Trinajstić information content (AvgIpc) is 3.34. The number of cyclic esters (lactones) is 1. The Labute approximate surface area is 253 Å². The molecule has 0 bridgehead atoms. The van der Waals surface area contributed by atoms with Crippen LogP contribution in [0.3, 0.4) is 0 Å². The summed E-state index contributed by atoms with van der Waals surface area (Å²) in [6.45, 7) is 5.69. The van der Waals surface area contributed by atoms with Crippen LogP contribution in [0.15, 0.2) is 22.3 Å². The normalized spacial score (nSPS) is 45.8. The van der Waals surface area contributed by atoms with Crippen molar-refractivity contribution in [2.45, 2.75) is 121 Å². The van der Waals surface area contributed by atoms with E-state index < -0.39 is 49.4 Å². The minimum Gasteiger partial charge on any atom is -0.458 e. The molecule has 2 aliphatic heterocycles. The van der Waals surface area contributed by atoms with E-state index in [1.807, 2.05) is 0 Å². The molecule has 4 aliphatic carbocycles. The highest BCUT2D eigenvalue weighted by atomic mass is 16.7. The van der Waals surface area contributed by atoms with Crippen LogP contribution >= 0.6 is 0 Å². The molecule has 1 saturated heterocycles. The van der Waals surface area contributed by atoms with E-state index in [2.05, 4.69) is 13.8 Å². The summed E-state index contributed by atoms with van der Waals surface area (Å²) >= 11 is 0. The van der Waals surface area contributed by atoms with Crippen LogP contribution in [0.1, 0.15) is 78.6 Å². The van der Waals surface area contributed by atoms with E-state index in [1.54, 1.807) is 6.92 Å². The summed E-state index contributed by atoms with van der Waals surface area (Å²) in [5.41, 5.74) is 3.48. The van der Waals surface area contributed by atoms with Gasteiger partial charge in [-0.2, -0.15) is 0 Å². The van der Waals surface area contributed by atoms with E-state index in [9.17, 15) is 35.1 Å². The molecule has 13 atom stereocenters. The Balaban J connectivity index is 1.14. The van der Waals surface area contributed by atoms with Crippen molar-refractivity contribution in [2.75, 3.05) is 13.2 Å². The van der Waals surface area contributed by atoms with Gasteiger partial charge in [0.1, 0.15) is 30.5 Å². The number of aliphatic hydroxyl groups excluding tert-OH is 5. The van der Waals surface area contributed by atoms with Crippen LogP contribution in [0.25, 0.3) is 0 Å². The molecule has 2 heterocycles. The van der Waals surface area contributed by atoms with Gasteiger partial charge in [-0.3, -0.25) is 4.79 Å². The van der Waals surface area contributed by atoms with Crippen molar-refractivity contribution in [1.29, 1.82) is 0 Å². The molecule has 0 aromatic heterocycles. The number of hydrogen-bond acceptors (Lipinski definition) is 10. The number of hydrogen-bond donors (Lipinski definition) is 5. The third-order valence-electron chi connectivity index (χ3n) is 12.3. The van der Waals surface area contributed by atoms with Gasteiger partial charge in [0.25, 0.3) is 0 Å². The average molecular weight is 605 g/mol. The number of rotatable bonds is 6. The maximum absolute atomic E-state index is 13.2. The summed E-state index contributed by atoms with van der Waals surface area (Å²) in [4.78, 5) is 26.3. The largest absolute Gasteiger partial charge is 0.458 e. The molecule has 0 aromatic rings. The quantitative estimate of drug-likeness (QED) is 0.283. The van der Waals surface area contributed by atoms with Crippen molar-refractivity contribution in [1.82, 2.24) is 0 Å². The van der Waals surface area contributed by atoms with Crippen molar-refractivity contribution in [3.05, 3.63) is 22.3 Å². The Kier molecular flexibility index (Phi) is 8.69. The molecule has 5 unspecified atom stereocenters. The van der Waals surface area contributed by atoms with Crippen molar-refractivity contribution in [3.8, 4) is 0 Å². The lowest BCUT2D eigenvalue weighted by Crippen LogP contribution is -2.59. The highest BCUT2D eigenvalue weighted by Crippen LogP contribution is 2.64. The summed E-state index contributed by atoms with van der Waals surface area (Å²) in [6.07, 6.45) is -0.197. The first kappa shape index (κ1) is 31.3. The first-order valence-electron chi connectivity index (χ1n) is 16.2. The number of ketones is 1. The fraction of sp³-hybridized carbons (Fsp3) is 0.818. The molecule has 0 amide bonds. The lowest BCUT2D eigenvalue weighted by atomic mass is 9.52. The van der Waals surface area contributed by atoms with Gasteiger partial charge in [-0.25, -0.2) is 4.79 Å². The molecule has 0 radical (unpaired) electrons. The highest BCUT2D eigenvalue weighted by Gasteiger charge is 2.58. The van der Waals surface area contributed by atoms with Gasteiger partial charge in [0.05, 0.1) is 19.3 Å². The van der Waals surface area contributed by atoms with Gasteiger partial charge in [0.15, 0.2) is 12.1 Å². The second kappa shape index (κ2) is 11.9. The Hall–Kier alpha value is -1.66. The molecule has 3 fully saturated rings. The summed E-state index contributed by atoms with van der Waals surface area (Å²) in [6, 6.07) is 0. The number of fused-ring (bicyclic) bond motifs is 4. The zero-order valence-electron chi connectivity index (χ0n) is 25.5. The molecule has 10 nitrogen and oxygen atoms in total. The smallest absolute Gasteiger partial charge is 0.334 e. The van der Waals surface area contributed by atoms with Gasteiger partial charge in [-0.15, -0.1) is 0 Å². The van der Waals surface area contributed by atoms with Crippen molar-refractivity contribution >= 4 is 11.8 Å². The minimum absolute atomic E-state index is 0.0184. The van der Waals surface area contributed by atoms with E-state index in [0.29, 0.717) is 48.5 Å². The predicted octanol–water partition coefficient (Wildman–Crippen LogP) is 1.94. The monoisotopic (exact) mass is 604 g/mol. The number of carbonyl (C=O) groups excluding carboxylic acids is 2. The molecule has 2 saturated carbocycles. The standard InChI is InChI=1S/C33H48O10/c1-15-17(14-41-32-30(39)29(38)28(37)27(13-34)43-32)10-26(42-31(15)40)16(2)23-6-7-24-21-12-25(36)22-11-18(35)4-5-19(22)20(21)8-9-33(23,24)3/h16,18,20-21,23-24,26-30,32,34-35,37-39H,4-14H2,1-3H3/t16-,18+,20+,21+,23+,24-,26+,27?,28?,29?,30?,32?,33+/m0/s1. The first-order chi connectivity index (χ1) is 20.4. The molecule has 43 heavy (non-hydrogen) atoms. The topological polar surface area (TPSA) is 163 Å². The number of ether oxygens (including phenoxy) is 3. The second-order valence-electron chi connectivity index (χ2n) is 14.4. The third-order valence-corrected chi connectivity index (χ3v) is 12.3. The summed E-state index contributed by atoms with van der Waals surface area (Å²) < 4.78 is 17.3. The van der Waals surface area contributed by atoms with Crippen LogP contribution in [0, 0.1) is 35.0 Å². The fourth-order valence-corrected chi connectivity index (χ4v) is 9.81. The van der Waals surface area contributed by atoms with Gasteiger partial charge >= 0.3 is 5.97 Å². The van der Waals surface area contributed by atoms with Gasteiger partial charge in [0, 0.05) is 24.8 Å². The van der Waals surface area contributed by atoms with Crippen LogP contribution in [-0.4, -0.2) is 93.4 Å². The van der Waals surface area contributed by atoms with Crippen LogP contribution in [0.2, 0.25) is 0 Å². The summed E-state index contributed by atoms with van der Waals surface area (Å²) in [5, 5.41) is 50.2. The zero-order chi connectivity index (χ0) is 30.8. The lowest BCUT2D eigenvalue weighted by Gasteiger charge is -2.53. The Morgan fingerprint density at radius 2 is 1.77 bits per heavy atom. The third kappa shape index (κ3) is 5.34. The molecule has 5 N–H and O–H groups in total. The second-order valence-corrected chi connectivity index (χ2v) is 14.4. The van der Waals surface area contributed by atoms with Gasteiger partial charge in [0.2, 0.25) is 0 Å². The predicted molar refractivity (Wildman–Crippen MR) is 153 cm³/mol. The molecule has 10 heteroatoms. The lowest BCUT2D eigenvalue weighted by molar-refractivity contribution is -0.299. The van der Waals surface area contributed by atoms with E-state index in [-0.39, 0.29) is 29.8 Å². The van der Waals surface area contributed by atoms with Crippen LogP contribution in [0.5, 0.6) is 0 Å². The molecule has 6 aliphatic rings. The van der Waals surface area contributed by atoms with E-state index >= 15 is 0 Å². The SMILES string of the molecule is CC1=C(COC2OC(CO)C(O)C(O)C2O)C[C@H]([C@@H](C)[C@H]2CC[C@H]3[C@@H]4CC(=O)C5=C(CC[C@@H](O)C5)[C@H]4CC[C@]23C)OC1=O. The number of carbonyl (C=O) groups is 2. The fourth-order valence-electron chi connectivity index (χ4n) is 9.81. The van der Waals surface area contributed by atoms with Crippen molar-refractivity contribution in [2.24, 2.45) is 35.0 Å². The molecular weight excluding hydrogens is 556 g/mol.